The maximum absolute atomic E-state index is 12.6. The van der Waals surface area contributed by atoms with Gasteiger partial charge in [0.2, 0.25) is 0 Å². The summed E-state index contributed by atoms with van der Waals surface area (Å²) in [7, 11) is 1.85. The first kappa shape index (κ1) is 12.3. The zero-order valence-corrected chi connectivity index (χ0v) is 10.7. The Morgan fingerprint density at radius 3 is 3.00 bits per heavy atom. The second-order valence-electron chi connectivity index (χ2n) is 5.01. The van der Waals surface area contributed by atoms with Gasteiger partial charge in [-0.2, -0.15) is 5.10 Å². The zero-order chi connectivity index (χ0) is 12.3. The lowest BCUT2D eigenvalue weighted by Crippen LogP contribution is -2.45. The molecule has 4 nitrogen and oxygen atoms in total. The fourth-order valence-corrected chi connectivity index (χ4v) is 2.77. The molecule has 2 rings (SSSR count). The average Bonchev–Trinajstić information content (AvgIpc) is 2.76. The molecule has 1 N–H and O–H groups in total. The number of piperidine rings is 1. The standard InChI is InChI=1S/C13H21N3O/c1-3-6-13(7-4-8-14-10-13)12(17)11-5-9-16(2)15-11/h5,9,14H,3-4,6-8,10H2,1-2H3. The Kier molecular flexibility index (Phi) is 3.62. The minimum Gasteiger partial charge on any atom is -0.316 e. The lowest BCUT2D eigenvalue weighted by molar-refractivity contribution is 0.0711. The zero-order valence-electron chi connectivity index (χ0n) is 10.7. The first-order valence-corrected chi connectivity index (χ1v) is 6.43. The molecule has 0 aromatic carbocycles. The van der Waals surface area contributed by atoms with Gasteiger partial charge in [-0.1, -0.05) is 13.3 Å². The topological polar surface area (TPSA) is 46.9 Å². The normalized spacial score (nSPS) is 24.8. The first-order chi connectivity index (χ1) is 8.18. The highest BCUT2D eigenvalue weighted by atomic mass is 16.1. The van der Waals surface area contributed by atoms with E-state index in [0.717, 1.165) is 38.8 Å². The molecular weight excluding hydrogens is 214 g/mol. The van der Waals surface area contributed by atoms with Gasteiger partial charge in [-0.05, 0) is 31.9 Å². The van der Waals surface area contributed by atoms with Crippen LogP contribution in [0, 0.1) is 5.41 Å². The number of ketones is 1. The highest BCUT2D eigenvalue weighted by molar-refractivity contribution is 5.99. The summed E-state index contributed by atoms with van der Waals surface area (Å²) < 4.78 is 1.70. The molecule has 1 aromatic rings. The molecule has 1 atom stereocenters. The van der Waals surface area contributed by atoms with E-state index < -0.39 is 0 Å². The van der Waals surface area contributed by atoms with E-state index in [2.05, 4.69) is 17.3 Å². The van der Waals surface area contributed by atoms with Crippen LogP contribution in [0.2, 0.25) is 0 Å². The van der Waals surface area contributed by atoms with E-state index in [4.69, 9.17) is 0 Å². The minimum atomic E-state index is -0.221. The lowest BCUT2D eigenvalue weighted by atomic mass is 9.72. The van der Waals surface area contributed by atoms with Crippen molar-refractivity contribution in [1.82, 2.24) is 15.1 Å². The number of aromatic nitrogens is 2. The Hall–Kier alpha value is -1.16. The van der Waals surface area contributed by atoms with Crippen LogP contribution in [0.3, 0.4) is 0 Å². The summed E-state index contributed by atoms with van der Waals surface area (Å²) in [6.07, 6.45) is 5.90. The molecular formula is C13H21N3O. The average molecular weight is 235 g/mol. The maximum atomic E-state index is 12.6. The monoisotopic (exact) mass is 235 g/mol. The van der Waals surface area contributed by atoms with Gasteiger partial charge in [-0.3, -0.25) is 9.48 Å². The van der Waals surface area contributed by atoms with Crippen molar-refractivity contribution in [3.63, 3.8) is 0 Å². The Morgan fingerprint density at radius 1 is 1.65 bits per heavy atom. The van der Waals surface area contributed by atoms with Gasteiger partial charge in [0.1, 0.15) is 5.69 Å². The van der Waals surface area contributed by atoms with Gasteiger partial charge >= 0.3 is 0 Å². The van der Waals surface area contributed by atoms with Crippen LogP contribution < -0.4 is 5.32 Å². The SMILES string of the molecule is CCCC1(C(=O)c2ccn(C)n2)CCCNC1. The summed E-state index contributed by atoms with van der Waals surface area (Å²) in [5.74, 6) is 0.215. The summed E-state index contributed by atoms with van der Waals surface area (Å²) in [5.41, 5.74) is 0.395. The fraction of sp³-hybridized carbons (Fsp3) is 0.692. The van der Waals surface area contributed by atoms with Crippen LogP contribution in [-0.2, 0) is 7.05 Å². The van der Waals surface area contributed by atoms with Gasteiger partial charge in [0.15, 0.2) is 5.78 Å². The van der Waals surface area contributed by atoms with E-state index >= 15 is 0 Å². The molecule has 0 amide bonds. The van der Waals surface area contributed by atoms with Crippen LogP contribution >= 0.6 is 0 Å². The molecule has 0 aliphatic carbocycles. The van der Waals surface area contributed by atoms with Gasteiger partial charge in [0.05, 0.1) is 0 Å². The second-order valence-corrected chi connectivity index (χ2v) is 5.01. The smallest absolute Gasteiger partial charge is 0.190 e. The first-order valence-electron chi connectivity index (χ1n) is 6.43. The molecule has 1 unspecified atom stereocenters. The summed E-state index contributed by atoms with van der Waals surface area (Å²) in [5, 5.41) is 7.61. The molecule has 1 aromatic heterocycles. The van der Waals surface area contributed by atoms with E-state index in [9.17, 15) is 4.79 Å². The number of hydrogen-bond donors (Lipinski definition) is 1. The van der Waals surface area contributed by atoms with Gasteiger partial charge < -0.3 is 5.32 Å². The number of carbonyl (C=O) groups is 1. The molecule has 0 bridgehead atoms. The van der Waals surface area contributed by atoms with E-state index in [1.165, 1.54) is 0 Å². The Bertz CT molecular complexity index is 386. The third-order valence-electron chi connectivity index (χ3n) is 3.63. The Labute approximate surface area is 102 Å². The highest BCUT2D eigenvalue weighted by Gasteiger charge is 2.39. The van der Waals surface area contributed by atoms with Gasteiger partial charge in [0.25, 0.3) is 0 Å². The summed E-state index contributed by atoms with van der Waals surface area (Å²) in [6.45, 7) is 3.97. The Balaban J connectivity index is 2.23. The van der Waals surface area contributed by atoms with Crippen molar-refractivity contribution in [2.45, 2.75) is 32.6 Å². The summed E-state index contributed by atoms with van der Waals surface area (Å²) in [6, 6.07) is 1.83. The minimum absolute atomic E-state index is 0.215. The van der Waals surface area contributed by atoms with Crippen molar-refractivity contribution in [1.29, 1.82) is 0 Å². The largest absolute Gasteiger partial charge is 0.316 e. The molecule has 0 radical (unpaired) electrons. The van der Waals surface area contributed by atoms with Crippen LogP contribution in [0.1, 0.15) is 43.1 Å². The van der Waals surface area contributed by atoms with Crippen molar-refractivity contribution >= 4 is 5.78 Å². The molecule has 1 fully saturated rings. The molecule has 1 saturated heterocycles. The summed E-state index contributed by atoms with van der Waals surface area (Å²) in [4.78, 5) is 12.6. The van der Waals surface area contributed by atoms with E-state index in [-0.39, 0.29) is 11.2 Å². The number of nitrogens with one attached hydrogen (secondary N) is 1. The number of aryl methyl sites for hydroxylation is 1. The predicted molar refractivity (Wildman–Crippen MR) is 67.0 cm³/mol. The van der Waals surface area contributed by atoms with Crippen molar-refractivity contribution < 1.29 is 4.79 Å². The number of hydrogen-bond acceptors (Lipinski definition) is 3. The maximum Gasteiger partial charge on any atom is 0.190 e. The fourth-order valence-electron chi connectivity index (χ4n) is 2.77. The van der Waals surface area contributed by atoms with Gasteiger partial charge in [-0.25, -0.2) is 0 Å². The van der Waals surface area contributed by atoms with Crippen molar-refractivity contribution in [2.75, 3.05) is 13.1 Å². The van der Waals surface area contributed by atoms with Crippen LogP contribution in [0.15, 0.2) is 12.3 Å². The van der Waals surface area contributed by atoms with E-state index in [0.29, 0.717) is 5.69 Å². The van der Waals surface area contributed by atoms with Crippen LogP contribution in [0.5, 0.6) is 0 Å². The van der Waals surface area contributed by atoms with Crippen molar-refractivity contribution in [3.8, 4) is 0 Å². The molecule has 1 aliphatic heterocycles. The molecule has 2 heterocycles. The molecule has 94 valence electrons. The molecule has 1 aliphatic rings. The summed E-state index contributed by atoms with van der Waals surface area (Å²) >= 11 is 0. The third-order valence-corrected chi connectivity index (χ3v) is 3.63. The van der Waals surface area contributed by atoms with Crippen LogP contribution in [0.4, 0.5) is 0 Å². The van der Waals surface area contributed by atoms with E-state index in [1.807, 2.05) is 19.3 Å². The van der Waals surface area contributed by atoms with Crippen molar-refractivity contribution in [3.05, 3.63) is 18.0 Å². The second kappa shape index (κ2) is 5.00. The van der Waals surface area contributed by atoms with Crippen LogP contribution in [0.25, 0.3) is 0 Å². The predicted octanol–water partition coefficient (Wildman–Crippen LogP) is 1.77. The highest BCUT2D eigenvalue weighted by Crippen LogP contribution is 2.34. The number of Topliss-reactive ketones (excluding diaryl/α,β-unsaturated/α-hetero) is 1. The quantitative estimate of drug-likeness (QED) is 0.809. The molecule has 17 heavy (non-hydrogen) atoms. The van der Waals surface area contributed by atoms with Gasteiger partial charge in [-0.15, -0.1) is 0 Å². The third kappa shape index (κ3) is 2.41. The number of rotatable bonds is 4. The number of carbonyl (C=O) groups excluding carboxylic acids is 1. The molecule has 4 heteroatoms. The van der Waals surface area contributed by atoms with Crippen molar-refractivity contribution in [2.24, 2.45) is 12.5 Å². The molecule has 0 spiro atoms. The van der Waals surface area contributed by atoms with E-state index in [1.54, 1.807) is 4.68 Å². The Morgan fingerprint density at radius 2 is 2.47 bits per heavy atom. The lowest BCUT2D eigenvalue weighted by Gasteiger charge is -2.35. The molecule has 0 saturated carbocycles. The number of nitrogens with zero attached hydrogens (tertiary/aromatic N) is 2. The van der Waals surface area contributed by atoms with Gasteiger partial charge in [0, 0.05) is 25.2 Å². The van der Waals surface area contributed by atoms with Crippen LogP contribution in [-0.4, -0.2) is 28.7 Å².